The second-order valence-electron chi connectivity index (χ2n) is 1.13. The first kappa shape index (κ1) is 6.39. The number of hydrogen-bond acceptors (Lipinski definition) is 3. The lowest BCUT2D eigenvalue weighted by Crippen LogP contribution is -2.33. The van der Waals surface area contributed by atoms with Crippen LogP contribution in [0.2, 0.25) is 0 Å². The summed E-state index contributed by atoms with van der Waals surface area (Å²) in [5.41, 5.74) is 4.77. The monoisotopic (exact) mass is 107 g/mol. The van der Waals surface area contributed by atoms with Crippen LogP contribution in [0.1, 0.15) is 0 Å². The molecule has 0 spiro atoms. The number of carbonyl (C=O) groups is 1. The fourth-order valence-electron chi connectivity index (χ4n) is 0.0781. The van der Waals surface area contributed by atoms with Crippen molar-refractivity contribution in [2.75, 3.05) is 6.61 Å². The zero-order valence-corrected chi connectivity index (χ0v) is 3.66. The zero-order valence-electron chi connectivity index (χ0n) is 3.66. The van der Waals surface area contributed by atoms with Crippen LogP contribution >= 0.6 is 0 Å². The Morgan fingerprint density at radius 3 is 2.29 bits per heavy atom. The summed E-state index contributed by atoms with van der Waals surface area (Å²) in [6, 6.07) is -1.13. The van der Waals surface area contributed by atoms with E-state index in [0.717, 1.165) is 0 Å². The Bertz CT molecular complexity index is 72.6. The van der Waals surface area contributed by atoms with Gasteiger partial charge in [0.25, 0.3) is 0 Å². The Kier molecular flexibility index (Phi) is 2.32. The third kappa shape index (κ3) is 2.13. The summed E-state index contributed by atoms with van der Waals surface area (Å²) >= 11 is 0. The molecule has 42 valence electrons. The Morgan fingerprint density at radius 2 is 2.29 bits per heavy atom. The highest BCUT2D eigenvalue weighted by molar-refractivity contribution is 5.73. The van der Waals surface area contributed by atoms with Crippen molar-refractivity contribution in [3.8, 4) is 0 Å². The van der Waals surface area contributed by atoms with Crippen LogP contribution in [0.3, 0.4) is 0 Å². The Labute approximate surface area is 40.6 Å². The molecule has 0 saturated carbocycles. The minimum atomic E-state index is -1.18. The van der Waals surface area contributed by atoms with Crippen molar-refractivity contribution < 1.29 is 15.0 Å². The number of hydrogen-bond donors (Lipinski definition) is 3. The van der Waals surface area contributed by atoms with Crippen LogP contribution in [-0.4, -0.2) is 28.8 Å². The molecule has 0 aromatic rings. The molecule has 4 heteroatoms. The normalized spacial score (nSPS) is 13.4. The molecule has 0 aliphatic heterocycles. The van der Waals surface area contributed by atoms with E-state index in [2.05, 4.69) is 0 Å². The van der Waals surface area contributed by atoms with Gasteiger partial charge in [-0.1, -0.05) is 0 Å². The van der Waals surface area contributed by atoms with Crippen molar-refractivity contribution in [1.82, 2.24) is 0 Å². The number of aliphatic carboxylic acids is 1. The second-order valence-corrected chi connectivity index (χ2v) is 1.13. The highest BCUT2D eigenvalue weighted by Crippen LogP contribution is 1.71. The molecule has 0 amide bonds. The molecule has 0 rings (SSSR count). The Morgan fingerprint density at radius 1 is 1.86 bits per heavy atom. The van der Waals surface area contributed by atoms with Gasteiger partial charge in [-0.25, -0.2) is 0 Å². The van der Waals surface area contributed by atoms with Crippen molar-refractivity contribution in [3.63, 3.8) is 0 Å². The largest absolute Gasteiger partial charge is 0.480 e. The molecular weight excluding hydrogens is 100 g/mol. The lowest BCUT2D eigenvalue weighted by atomic mass is 10.6. The van der Waals surface area contributed by atoms with Crippen LogP contribution in [0.25, 0.3) is 0 Å². The maximum Gasteiger partial charge on any atom is 0.322 e. The van der Waals surface area contributed by atoms with E-state index in [9.17, 15) is 4.79 Å². The molecule has 0 aromatic heterocycles. The second kappa shape index (κ2) is 2.54. The smallest absolute Gasteiger partial charge is 0.322 e. The summed E-state index contributed by atoms with van der Waals surface area (Å²) in [6.45, 7) is -0.505. The van der Waals surface area contributed by atoms with Gasteiger partial charge in [-0.15, -0.1) is 0 Å². The molecule has 0 aliphatic carbocycles. The van der Waals surface area contributed by atoms with Crippen LogP contribution in [-0.2, 0) is 4.79 Å². The molecule has 0 heterocycles. The summed E-state index contributed by atoms with van der Waals surface area (Å²) < 4.78 is 0. The van der Waals surface area contributed by atoms with E-state index in [0.29, 0.717) is 0 Å². The topological polar surface area (TPSA) is 83.5 Å². The lowest BCUT2D eigenvalue weighted by molar-refractivity contribution is -0.139. The third-order valence-electron chi connectivity index (χ3n) is 0.514. The molecule has 0 bridgehead atoms. The highest BCUT2D eigenvalue weighted by Gasteiger charge is 2.06. The number of aliphatic hydroxyl groups excluding tert-OH is 1. The van der Waals surface area contributed by atoms with E-state index >= 15 is 0 Å². The minimum Gasteiger partial charge on any atom is -0.480 e. The number of aliphatic hydroxyl groups is 1. The number of carboxylic acid groups (broad SMARTS) is 1. The van der Waals surface area contributed by atoms with Gasteiger partial charge in [0.15, 0.2) is 0 Å². The first-order valence-corrected chi connectivity index (χ1v) is 1.77. The van der Waals surface area contributed by atoms with E-state index in [1.165, 1.54) is 0 Å². The van der Waals surface area contributed by atoms with E-state index in [-0.39, 0.29) is 0 Å². The number of rotatable bonds is 2. The molecular formula is C3H7NO3. The molecule has 7 heavy (non-hydrogen) atoms. The Balaban J connectivity index is 3.34. The van der Waals surface area contributed by atoms with Gasteiger partial charge in [0.2, 0.25) is 0 Å². The molecule has 4 N–H and O–H groups in total. The third-order valence-corrected chi connectivity index (χ3v) is 0.514. The van der Waals surface area contributed by atoms with Gasteiger partial charge >= 0.3 is 5.97 Å². The highest BCUT2D eigenvalue weighted by atomic mass is 16.6. The van der Waals surface area contributed by atoms with Crippen molar-refractivity contribution in [3.05, 3.63) is 0 Å². The molecule has 4 nitrogen and oxygen atoms in total. The van der Waals surface area contributed by atoms with Crippen molar-refractivity contribution in [2.24, 2.45) is 5.73 Å². The van der Waals surface area contributed by atoms with Crippen molar-refractivity contribution >= 4 is 5.97 Å². The van der Waals surface area contributed by atoms with E-state index < -0.39 is 18.6 Å². The molecule has 0 aliphatic rings. The first-order chi connectivity index (χ1) is 3.18. The van der Waals surface area contributed by atoms with Gasteiger partial charge in [0, 0.05) is 0 Å². The maximum absolute atomic E-state index is 9.65. The average Bonchev–Trinajstić information content (AvgIpc) is 1.65. The summed E-state index contributed by atoms with van der Waals surface area (Å²) in [4.78, 5) is 9.65. The van der Waals surface area contributed by atoms with Gasteiger partial charge in [0.1, 0.15) is 6.04 Å². The lowest BCUT2D eigenvalue weighted by Gasteiger charge is -1.96. The van der Waals surface area contributed by atoms with Gasteiger partial charge < -0.3 is 15.9 Å². The zero-order chi connectivity index (χ0) is 5.86. The quantitative estimate of drug-likeness (QED) is 0.396. The summed E-state index contributed by atoms with van der Waals surface area (Å²) in [7, 11) is 0. The van der Waals surface area contributed by atoms with Crippen LogP contribution in [0.4, 0.5) is 0 Å². The van der Waals surface area contributed by atoms with Gasteiger partial charge in [0.05, 0.1) is 6.61 Å². The standard InChI is InChI=1S/C3H7NO3/c4-2(1-5)3(6)7/h2,5H,1,4H2,(H,6,7)/t2-/m0/s1/i3+2. The molecule has 0 fully saturated rings. The fraction of sp³-hybridized carbons (Fsp3) is 0.667. The molecule has 0 radical (unpaired) electrons. The van der Waals surface area contributed by atoms with Gasteiger partial charge in [-0.2, -0.15) is 0 Å². The van der Waals surface area contributed by atoms with Crippen LogP contribution in [0.5, 0.6) is 0 Å². The van der Waals surface area contributed by atoms with E-state index in [1.807, 2.05) is 0 Å². The molecule has 1 atom stereocenters. The van der Waals surface area contributed by atoms with Crippen LogP contribution in [0.15, 0.2) is 0 Å². The van der Waals surface area contributed by atoms with Crippen molar-refractivity contribution in [2.45, 2.75) is 6.04 Å². The summed E-state index contributed by atoms with van der Waals surface area (Å²) in [5.74, 6) is -1.18. The summed E-state index contributed by atoms with van der Waals surface area (Å²) in [6.07, 6.45) is 0. The molecule has 0 aromatic carbocycles. The SMILES string of the molecule is N[C@@H](CO)[14C](=O)O. The van der Waals surface area contributed by atoms with E-state index in [1.54, 1.807) is 0 Å². The summed E-state index contributed by atoms with van der Waals surface area (Å²) in [5, 5.41) is 15.9. The number of nitrogens with two attached hydrogens (primary N) is 1. The average molecular weight is 107 g/mol. The number of carboxylic acids is 1. The first-order valence-electron chi connectivity index (χ1n) is 1.77. The predicted molar refractivity (Wildman–Crippen MR) is 22.7 cm³/mol. The van der Waals surface area contributed by atoms with Crippen molar-refractivity contribution in [1.29, 1.82) is 0 Å². The molecule has 0 unspecified atom stereocenters. The van der Waals surface area contributed by atoms with Crippen LogP contribution < -0.4 is 5.73 Å². The van der Waals surface area contributed by atoms with Gasteiger partial charge in [-0.05, 0) is 0 Å². The predicted octanol–water partition coefficient (Wildman–Crippen LogP) is -1.61. The Hall–Kier alpha value is -0.610. The van der Waals surface area contributed by atoms with E-state index in [4.69, 9.17) is 15.9 Å². The minimum absolute atomic E-state index is 0.505. The fourth-order valence-corrected chi connectivity index (χ4v) is 0.0781. The maximum atomic E-state index is 9.65. The molecule has 0 saturated heterocycles. The van der Waals surface area contributed by atoms with Gasteiger partial charge in [-0.3, -0.25) is 4.79 Å². The van der Waals surface area contributed by atoms with Crippen LogP contribution in [0, 0.1) is 0 Å².